The number of likely N-dealkylation sites (tertiary alicyclic amines) is 1. The van der Waals surface area contributed by atoms with E-state index in [1.54, 1.807) is 29.5 Å². The first-order chi connectivity index (χ1) is 16.5. The molecule has 1 aliphatic heterocycles. The van der Waals surface area contributed by atoms with E-state index in [9.17, 15) is 9.59 Å². The fourth-order valence-electron chi connectivity index (χ4n) is 4.49. The van der Waals surface area contributed by atoms with Crippen molar-refractivity contribution in [2.45, 2.75) is 32.2 Å². The van der Waals surface area contributed by atoms with Crippen LogP contribution in [0.1, 0.15) is 36.5 Å². The molecule has 1 atom stereocenters. The van der Waals surface area contributed by atoms with Gasteiger partial charge in [0.1, 0.15) is 5.82 Å². The standard InChI is InChI=1S/C25H26ClN5O2S/c1-2-30(14-22-27-20-12-17(26)9-10-18(20)24(33)29-22)15-23(32)31-11-5-6-16(13-31)25-28-19-7-3-4-8-21(19)34-25/h3-4,7-10,12,16H,2,5-6,11,13-15H2,1H3,(H,27,29,33). The number of amides is 1. The van der Waals surface area contributed by atoms with Gasteiger partial charge < -0.3 is 9.88 Å². The summed E-state index contributed by atoms with van der Waals surface area (Å²) in [6, 6.07) is 13.2. The van der Waals surface area contributed by atoms with E-state index in [1.807, 2.05) is 34.9 Å². The number of H-pyrrole nitrogens is 1. The third kappa shape index (κ3) is 4.85. The Labute approximate surface area is 206 Å². The van der Waals surface area contributed by atoms with Crippen molar-refractivity contribution in [1.82, 2.24) is 24.8 Å². The van der Waals surface area contributed by atoms with Gasteiger partial charge in [-0.25, -0.2) is 9.97 Å². The van der Waals surface area contributed by atoms with Gasteiger partial charge in [-0.1, -0.05) is 30.7 Å². The van der Waals surface area contributed by atoms with Gasteiger partial charge in [0, 0.05) is 24.0 Å². The molecule has 1 saturated heterocycles. The molecule has 0 spiro atoms. The number of nitrogens with zero attached hydrogens (tertiary/aromatic N) is 4. The van der Waals surface area contributed by atoms with Crippen LogP contribution in [0.4, 0.5) is 0 Å². The Morgan fingerprint density at radius 3 is 2.91 bits per heavy atom. The van der Waals surface area contributed by atoms with E-state index in [1.165, 1.54) is 4.70 Å². The summed E-state index contributed by atoms with van der Waals surface area (Å²) >= 11 is 7.80. The van der Waals surface area contributed by atoms with E-state index in [0.29, 0.717) is 41.4 Å². The van der Waals surface area contributed by atoms with Crippen LogP contribution in [0.25, 0.3) is 21.1 Å². The van der Waals surface area contributed by atoms with Crippen LogP contribution in [-0.4, -0.2) is 56.8 Å². The number of aromatic amines is 1. The Kier molecular flexibility index (Phi) is 6.63. The molecule has 0 bridgehead atoms. The molecule has 1 N–H and O–H groups in total. The lowest BCUT2D eigenvalue weighted by molar-refractivity contribution is -0.133. The molecular weight excluding hydrogens is 470 g/mol. The zero-order valence-corrected chi connectivity index (χ0v) is 20.5. The number of halogens is 1. The molecule has 9 heteroatoms. The predicted octanol–water partition coefficient (Wildman–Crippen LogP) is 4.41. The van der Waals surface area contributed by atoms with E-state index in [4.69, 9.17) is 16.6 Å². The summed E-state index contributed by atoms with van der Waals surface area (Å²) in [5.41, 5.74) is 1.39. The van der Waals surface area contributed by atoms with Crippen LogP contribution < -0.4 is 5.56 Å². The molecule has 4 aromatic rings. The van der Waals surface area contributed by atoms with Crippen molar-refractivity contribution in [3.05, 3.63) is 68.7 Å². The fraction of sp³-hybridized carbons (Fsp3) is 0.360. The summed E-state index contributed by atoms with van der Waals surface area (Å²) in [6.07, 6.45) is 2.02. The lowest BCUT2D eigenvalue weighted by Gasteiger charge is -2.33. The van der Waals surface area contributed by atoms with Crippen LogP contribution >= 0.6 is 22.9 Å². The van der Waals surface area contributed by atoms with E-state index >= 15 is 0 Å². The van der Waals surface area contributed by atoms with E-state index in [2.05, 4.69) is 16.0 Å². The highest BCUT2D eigenvalue weighted by Gasteiger charge is 2.27. The van der Waals surface area contributed by atoms with Gasteiger partial charge in [0.15, 0.2) is 0 Å². The number of aromatic nitrogens is 3. The van der Waals surface area contributed by atoms with Gasteiger partial charge in [0.25, 0.3) is 5.56 Å². The van der Waals surface area contributed by atoms with Gasteiger partial charge in [0.05, 0.1) is 39.2 Å². The number of benzene rings is 2. The second-order valence-corrected chi connectivity index (χ2v) is 10.2. The highest BCUT2D eigenvalue weighted by molar-refractivity contribution is 7.18. The number of carbonyl (C=O) groups is 1. The minimum absolute atomic E-state index is 0.0961. The van der Waals surface area contributed by atoms with Gasteiger partial charge in [-0.3, -0.25) is 14.5 Å². The Morgan fingerprint density at radius 1 is 1.24 bits per heavy atom. The van der Waals surface area contributed by atoms with Crippen molar-refractivity contribution in [3.8, 4) is 0 Å². The second-order valence-electron chi connectivity index (χ2n) is 8.68. The Balaban J connectivity index is 1.27. The Hall–Kier alpha value is -2.81. The first kappa shape index (κ1) is 23.0. The molecule has 0 saturated carbocycles. The second kappa shape index (κ2) is 9.82. The summed E-state index contributed by atoms with van der Waals surface area (Å²) in [6.45, 7) is 4.79. The third-order valence-corrected chi connectivity index (χ3v) is 7.76. The van der Waals surface area contributed by atoms with Crippen molar-refractivity contribution in [2.24, 2.45) is 0 Å². The first-order valence-corrected chi connectivity index (χ1v) is 12.7. The van der Waals surface area contributed by atoms with Gasteiger partial charge >= 0.3 is 0 Å². The SMILES string of the molecule is CCN(CC(=O)N1CCCC(c2nc3ccccc3s2)C1)Cc1nc2cc(Cl)ccc2c(=O)[nH]1. The third-order valence-electron chi connectivity index (χ3n) is 6.33. The molecule has 5 rings (SSSR count). The van der Waals surface area contributed by atoms with E-state index in [0.717, 1.165) is 29.9 Å². The molecule has 0 radical (unpaired) electrons. The Bertz CT molecular complexity index is 1370. The summed E-state index contributed by atoms with van der Waals surface area (Å²) in [5.74, 6) is 0.896. The molecule has 2 aromatic heterocycles. The quantitative estimate of drug-likeness (QED) is 0.428. The van der Waals surface area contributed by atoms with E-state index < -0.39 is 0 Å². The molecule has 7 nitrogen and oxygen atoms in total. The minimum atomic E-state index is -0.200. The number of hydrogen-bond donors (Lipinski definition) is 1. The predicted molar refractivity (Wildman–Crippen MR) is 136 cm³/mol. The van der Waals surface area contributed by atoms with Gasteiger partial charge in [-0.15, -0.1) is 11.3 Å². The number of nitrogens with one attached hydrogen (secondary N) is 1. The molecule has 3 heterocycles. The number of fused-ring (bicyclic) bond motifs is 2. The largest absolute Gasteiger partial charge is 0.341 e. The molecule has 1 unspecified atom stereocenters. The number of carbonyl (C=O) groups excluding carboxylic acids is 1. The summed E-state index contributed by atoms with van der Waals surface area (Å²) in [5, 5.41) is 2.15. The molecule has 1 fully saturated rings. The highest BCUT2D eigenvalue weighted by Crippen LogP contribution is 2.33. The van der Waals surface area contributed by atoms with Crippen LogP contribution in [0.3, 0.4) is 0 Å². The first-order valence-electron chi connectivity index (χ1n) is 11.5. The zero-order valence-electron chi connectivity index (χ0n) is 19.0. The number of thiazole rings is 1. The average Bonchev–Trinajstić information content (AvgIpc) is 3.28. The minimum Gasteiger partial charge on any atom is -0.341 e. The topological polar surface area (TPSA) is 82.2 Å². The van der Waals surface area contributed by atoms with E-state index in [-0.39, 0.29) is 23.9 Å². The van der Waals surface area contributed by atoms with Crippen molar-refractivity contribution in [1.29, 1.82) is 0 Å². The normalized spacial score (nSPS) is 16.6. The highest BCUT2D eigenvalue weighted by atomic mass is 35.5. The number of piperidine rings is 1. The maximum Gasteiger partial charge on any atom is 0.258 e. The lowest BCUT2D eigenvalue weighted by atomic mass is 9.98. The van der Waals surface area contributed by atoms with Crippen molar-refractivity contribution >= 4 is 50.0 Å². The molecule has 1 amide bonds. The molecule has 1 aliphatic rings. The maximum atomic E-state index is 13.2. The van der Waals surface area contributed by atoms with Crippen LogP contribution in [-0.2, 0) is 11.3 Å². The van der Waals surface area contributed by atoms with Gasteiger partial charge in [0.2, 0.25) is 5.91 Å². The summed E-state index contributed by atoms with van der Waals surface area (Å²) < 4.78 is 1.19. The van der Waals surface area contributed by atoms with Crippen LogP contribution in [0.2, 0.25) is 5.02 Å². The molecular formula is C25H26ClN5O2S. The van der Waals surface area contributed by atoms with Crippen molar-refractivity contribution in [3.63, 3.8) is 0 Å². The summed E-state index contributed by atoms with van der Waals surface area (Å²) in [7, 11) is 0. The number of para-hydroxylation sites is 1. The van der Waals surface area contributed by atoms with Crippen LogP contribution in [0.5, 0.6) is 0 Å². The van der Waals surface area contributed by atoms with Gasteiger partial charge in [-0.2, -0.15) is 0 Å². The molecule has 2 aromatic carbocycles. The number of rotatable bonds is 6. The lowest BCUT2D eigenvalue weighted by Crippen LogP contribution is -2.44. The van der Waals surface area contributed by atoms with Crippen LogP contribution in [0, 0.1) is 0 Å². The Morgan fingerprint density at radius 2 is 2.09 bits per heavy atom. The van der Waals surface area contributed by atoms with Crippen LogP contribution in [0.15, 0.2) is 47.3 Å². The smallest absolute Gasteiger partial charge is 0.258 e. The maximum absolute atomic E-state index is 13.2. The van der Waals surface area contributed by atoms with Gasteiger partial charge in [-0.05, 0) is 49.7 Å². The zero-order chi connectivity index (χ0) is 23.7. The fourth-order valence-corrected chi connectivity index (χ4v) is 5.75. The molecule has 176 valence electrons. The summed E-state index contributed by atoms with van der Waals surface area (Å²) in [4.78, 5) is 41.8. The number of likely N-dealkylation sites (N-methyl/N-ethyl adjacent to an activating group) is 1. The molecule has 34 heavy (non-hydrogen) atoms. The van der Waals surface area contributed by atoms with Crippen molar-refractivity contribution in [2.75, 3.05) is 26.2 Å². The molecule has 0 aliphatic carbocycles. The van der Waals surface area contributed by atoms with Crippen molar-refractivity contribution < 1.29 is 4.79 Å². The monoisotopic (exact) mass is 495 g/mol. The average molecular weight is 496 g/mol. The number of hydrogen-bond acceptors (Lipinski definition) is 6.